The van der Waals surface area contributed by atoms with Crippen molar-refractivity contribution < 1.29 is 4.79 Å². The maximum Gasteiger partial charge on any atom is 0.318 e. The summed E-state index contributed by atoms with van der Waals surface area (Å²) in [7, 11) is 0. The Hall–Kier alpha value is -1.62. The summed E-state index contributed by atoms with van der Waals surface area (Å²) in [5.74, 6) is 0. The lowest BCUT2D eigenvalue weighted by Gasteiger charge is -2.34. The van der Waals surface area contributed by atoms with E-state index in [0.717, 1.165) is 12.1 Å². The average molecular weight is 248 g/mol. The second-order valence-corrected chi connectivity index (χ2v) is 5.22. The zero-order valence-electron chi connectivity index (χ0n) is 10.9. The van der Waals surface area contributed by atoms with Crippen LogP contribution in [0.2, 0.25) is 0 Å². The number of pyridine rings is 1. The fourth-order valence-corrected chi connectivity index (χ4v) is 2.30. The molecular weight excluding hydrogens is 228 g/mol. The fraction of sp³-hybridized carbons (Fsp3) is 0.538. The van der Waals surface area contributed by atoms with Gasteiger partial charge in [-0.15, -0.1) is 0 Å². The van der Waals surface area contributed by atoms with E-state index in [4.69, 9.17) is 5.73 Å². The van der Waals surface area contributed by atoms with E-state index in [0.29, 0.717) is 13.1 Å². The summed E-state index contributed by atoms with van der Waals surface area (Å²) in [4.78, 5) is 18.2. The Bertz CT molecular complexity index is 418. The van der Waals surface area contributed by atoms with E-state index in [-0.39, 0.29) is 17.6 Å². The molecule has 1 aliphatic rings. The van der Waals surface area contributed by atoms with Gasteiger partial charge in [-0.3, -0.25) is 4.98 Å². The fourth-order valence-electron chi connectivity index (χ4n) is 2.30. The predicted octanol–water partition coefficient (Wildman–Crippen LogP) is 1.28. The number of nitrogens with one attached hydrogen (secondary N) is 1. The summed E-state index contributed by atoms with van der Waals surface area (Å²) in [5, 5.41) is 2.97. The van der Waals surface area contributed by atoms with Crippen LogP contribution in [0.15, 0.2) is 24.4 Å². The third-order valence-corrected chi connectivity index (χ3v) is 3.44. The van der Waals surface area contributed by atoms with Crippen molar-refractivity contribution in [3.8, 4) is 0 Å². The minimum atomic E-state index is -0.220. The summed E-state index contributed by atoms with van der Waals surface area (Å²) < 4.78 is 0. The van der Waals surface area contributed by atoms with Gasteiger partial charge in [0.05, 0.1) is 11.7 Å². The molecule has 1 atom stereocenters. The quantitative estimate of drug-likeness (QED) is 0.843. The standard InChI is InChI=1S/C13H20N4O/c1-13(2,6-7-14)17-9-11(16-12(17)18)10-5-3-4-8-15-10/h3-5,8,11H,6-7,9,14H2,1-2H3,(H,16,18). The van der Waals surface area contributed by atoms with Gasteiger partial charge >= 0.3 is 6.03 Å². The summed E-state index contributed by atoms with van der Waals surface area (Å²) in [6.45, 7) is 5.30. The van der Waals surface area contributed by atoms with Gasteiger partial charge in [-0.25, -0.2) is 4.79 Å². The highest BCUT2D eigenvalue weighted by Crippen LogP contribution is 2.27. The van der Waals surface area contributed by atoms with Crippen molar-refractivity contribution in [2.75, 3.05) is 13.1 Å². The van der Waals surface area contributed by atoms with Crippen molar-refractivity contribution in [1.29, 1.82) is 0 Å². The van der Waals surface area contributed by atoms with Crippen molar-refractivity contribution in [2.24, 2.45) is 5.73 Å². The maximum absolute atomic E-state index is 12.0. The molecule has 3 N–H and O–H groups in total. The monoisotopic (exact) mass is 248 g/mol. The molecule has 1 saturated heterocycles. The largest absolute Gasteiger partial charge is 0.330 e. The molecule has 2 rings (SSSR count). The van der Waals surface area contributed by atoms with E-state index in [2.05, 4.69) is 10.3 Å². The molecule has 1 fully saturated rings. The third kappa shape index (κ3) is 2.46. The number of carbonyl (C=O) groups is 1. The van der Waals surface area contributed by atoms with Gasteiger partial charge in [-0.05, 0) is 38.9 Å². The highest BCUT2D eigenvalue weighted by Gasteiger charge is 2.38. The molecule has 0 radical (unpaired) electrons. The van der Waals surface area contributed by atoms with E-state index < -0.39 is 0 Å². The maximum atomic E-state index is 12.0. The molecule has 18 heavy (non-hydrogen) atoms. The summed E-state index contributed by atoms with van der Waals surface area (Å²) >= 11 is 0. The molecule has 0 aromatic carbocycles. The van der Waals surface area contributed by atoms with Crippen molar-refractivity contribution >= 4 is 6.03 Å². The molecule has 1 aromatic heterocycles. The lowest BCUT2D eigenvalue weighted by Crippen LogP contribution is -2.46. The van der Waals surface area contributed by atoms with Gasteiger partial charge in [0.2, 0.25) is 0 Å². The first-order valence-electron chi connectivity index (χ1n) is 6.24. The van der Waals surface area contributed by atoms with Crippen LogP contribution in [0.3, 0.4) is 0 Å². The number of nitrogens with zero attached hydrogens (tertiary/aromatic N) is 2. The molecule has 1 aliphatic heterocycles. The molecule has 0 spiro atoms. The Morgan fingerprint density at radius 1 is 1.56 bits per heavy atom. The van der Waals surface area contributed by atoms with Crippen LogP contribution in [0.4, 0.5) is 4.79 Å². The minimum Gasteiger partial charge on any atom is -0.330 e. The van der Waals surface area contributed by atoms with Gasteiger partial charge in [0.15, 0.2) is 0 Å². The summed E-state index contributed by atoms with van der Waals surface area (Å²) in [5.41, 5.74) is 6.28. The molecule has 0 aliphatic carbocycles. The molecule has 1 unspecified atom stereocenters. The van der Waals surface area contributed by atoms with Crippen molar-refractivity contribution in [2.45, 2.75) is 31.8 Å². The normalized spacial score (nSPS) is 20.1. The van der Waals surface area contributed by atoms with Crippen molar-refractivity contribution in [3.05, 3.63) is 30.1 Å². The number of hydrogen-bond donors (Lipinski definition) is 2. The van der Waals surface area contributed by atoms with Crippen LogP contribution in [-0.2, 0) is 0 Å². The van der Waals surface area contributed by atoms with E-state index >= 15 is 0 Å². The predicted molar refractivity (Wildman–Crippen MR) is 70.0 cm³/mol. The highest BCUT2D eigenvalue weighted by molar-refractivity contribution is 5.78. The van der Waals surface area contributed by atoms with Crippen molar-refractivity contribution in [1.82, 2.24) is 15.2 Å². The van der Waals surface area contributed by atoms with Crippen LogP contribution in [0.5, 0.6) is 0 Å². The first-order valence-corrected chi connectivity index (χ1v) is 6.24. The number of urea groups is 1. The van der Waals surface area contributed by atoms with Crippen LogP contribution in [0, 0.1) is 0 Å². The first kappa shape index (κ1) is 12.8. The van der Waals surface area contributed by atoms with E-state index in [1.54, 1.807) is 6.20 Å². The number of carbonyl (C=O) groups excluding carboxylic acids is 1. The molecule has 5 nitrogen and oxygen atoms in total. The number of nitrogens with two attached hydrogens (primary N) is 1. The SMILES string of the molecule is CC(C)(CCN)N1CC(c2ccccn2)NC1=O. The van der Waals surface area contributed by atoms with Gasteiger partial charge in [0.25, 0.3) is 0 Å². The highest BCUT2D eigenvalue weighted by atomic mass is 16.2. The zero-order chi connectivity index (χ0) is 13.2. The van der Waals surface area contributed by atoms with Gasteiger partial charge < -0.3 is 16.0 Å². The smallest absolute Gasteiger partial charge is 0.318 e. The van der Waals surface area contributed by atoms with Gasteiger partial charge in [-0.2, -0.15) is 0 Å². The first-order chi connectivity index (χ1) is 8.54. The molecule has 5 heteroatoms. The second-order valence-electron chi connectivity index (χ2n) is 5.22. The molecule has 2 heterocycles. The topological polar surface area (TPSA) is 71.2 Å². The van der Waals surface area contributed by atoms with Gasteiger partial charge in [-0.1, -0.05) is 6.07 Å². The average Bonchev–Trinajstić information content (AvgIpc) is 2.73. The van der Waals surface area contributed by atoms with Crippen LogP contribution >= 0.6 is 0 Å². The Labute approximate surface area is 107 Å². The Morgan fingerprint density at radius 3 is 2.94 bits per heavy atom. The lowest BCUT2D eigenvalue weighted by molar-refractivity contribution is 0.153. The molecule has 98 valence electrons. The number of hydrogen-bond acceptors (Lipinski definition) is 3. The second kappa shape index (κ2) is 4.94. The number of aromatic nitrogens is 1. The lowest BCUT2D eigenvalue weighted by atomic mass is 9.98. The number of amides is 2. The molecule has 0 bridgehead atoms. The van der Waals surface area contributed by atoms with Crippen LogP contribution in [-0.4, -0.2) is 34.5 Å². The Balaban J connectivity index is 2.12. The van der Waals surface area contributed by atoms with Gasteiger partial charge in [0, 0.05) is 18.3 Å². The zero-order valence-corrected chi connectivity index (χ0v) is 10.9. The van der Waals surface area contributed by atoms with E-state index in [9.17, 15) is 4.79 Å². The number of rotatable bonds is 4. The van der Waals surface area contributed by atoms with Gasteiger partial charge in [0.1, 0.15) is 0 Å². The third-order valence-electron chi connectivity index (χ3n) is 3.44. The van der Waals surface area contributed by atoms with Crippen LogP contribution in [0.25, 0.3) is 0 Å². The minimum absolute atomic E-state index is 0.0317. The summed E-state index contributed by atoms with van der Waals surface area (Å²) in [6, 6.07) is 5.67. The molecule has 1 aromatic rings. The summed E-state index contributed by atoms with van der Waals surface area (Å²) in [6.07, 6.45) is 2.53. The van der Waals surface area contributed by atoms with Crippen LogP contribution in [0.1, 0.15) is 32.0 Å². The van der Waals surface area contributed by atoms with E-state index in [1.165, 1.54) is 0 Å². The Kier molecular flexibility index (Phi) is 3.52. The molecular formula is C13H20N4O. The molecule has 0 saturated carbocycles. The molecule has 2 amide bonds. The Morgan fingerprint density at radius 2 is 2.33 bits per heavy atom. The van der Waals surface area contributed by atoms with Crippen LogP contribution < -0.4 is 11.1 Å². The van der Waals surface area contributed by atoms with E-state index in [1.807, 2.05) is 36.9 Å². The van der Waals surface area contributed by atoms with Crippen molar-refractivity contribution in [3.63, 3.8) is 0 Å².